The summed E-state index contributed by atoms with van der Waals surface area (Å²) in [4.78, 5) is 18.7. The minimum Gasteiger partial charge on any atom is -0.494 e. The van der Waals surface area contributed by atoms with Gasteiger partial charge in [0.1, 0.15) is 12.1 Å². The van der Waals surface area contributed by atoms with Crippen LogP contribution in [0.2, 0.25) is 5.02 Å². The van der Waals surface area contributed by atoms with E-state index < -0.39 is 27.4 Å². The van der Waals surface area contributed by atoms with E-state index in [2.05, 4.69) is 27.5 Å². The maximum atomic E-state index is 13.1. The summed E-state index contributed by atoms with van der Waals surface area (Å²) in [6, 6.07) is 9.78. The summed E-state index contributed by atoms with van der Waals surface area (Å²) in [7, 11) is 0. The molecule has 0 amide bonds. The second-order valence-corrected chi connectivity index (χ2v) is 7.25. The van der Waals surface area contributed by atoms with Crippen LogP contribution in [0.3, 0.4) is 0 Å². The Hall–Kier alpha value is -3.60. The number of alkyl halides is 3. The van der Waals surface area contributed by atoms with Gasteiger partial charge in [0.2, 0.25) is 11.6 Å². The highest BCUT2D eigenvalue weighted by Gasteiger charge is 2.33. The molecule has 0 saturated heterocycles. The molecule has 3 rings (SSSR count). The fourth-order valence-corrected chi connectivity index (χ4v) is 3.02. The van der Waals surface area contributed by atoms with Gasteiger partial charge in [-0.05, 0) is 48.9 Å². The van der Waals surface area contributed by atoms with Crippen molar-refractivity contribution in [2.24, 2.45) is 0 Å². The van der Waals surface area contributed by atoms with E-state index in [4.69, 9.17) is 16.3 Å². The zero-order valence-electron chi connectivity index (χ0n) is 17.3. The first-order valence-electron chi connectivity index (χ1n) is 9.82. The molecule has 2 N–H and O–H groups in total. The highest BCUT2D eigenvalue weighted by atomic mass is 35.5. The van der Waals surface area contributed by atoms with Crippen molar-refractivity contribution in [2.45, 2.75) is 25.9 Å². The van der Waals surface area contributed by atoms with Crippen molar-refractivity contribution in [2.75, 3.05) is 17.2 Å². The van der Waals surface area contributed by atoms with Gasteiger partial charge in [0.05, 0.1) is 22.1 Å². The van der Waals surface area contributed by atoms with Crippen LogP contribution in [-0.2, 0) is 6.18 Å². The third kappa shape index (κ3) is 6.22. The molecule has 0 saturated carbocycles. The first kappa shape index (κ1) is 24.1. The van der Waals surface area contributed by atoms with Gasteiger partial charge in [0.25, 0.3) is 0 Å². The summed E-state index contributed by atoms with van der Waals surface area (Å²) >= 11 is 5.63. The standard InChI is InChI=1S/C21H19ClF3N5O3/c1-2-3-10-33-15-7-4-13(5-8-15)28-19-18(30(31)32)20(27-12-26-19)29-14-6-9-17(22)16(11-14)21(23,24)25/h4-9,11-12H,2-3,10H2,1H3,(H2,26,27,28,29). The van der Waals surface area contributed by atoms with Crippen LogP contribution in [0, 0.1) is 10.1 Å². The topological polar surface area (TPSA) is 102 Å². The number of unbranched alkanes of at least 4 members (excludes halogenated alkanes) is 1. The largest absolute Gasteiger partial charge is 0.494 e. The molecule has 174 valence electrons. The van der Waals surface area contributed by atoms with Gasteiger partial charge in [0.15, 0.2) is 0 Å². The lowest BCUT2D eigenvalue weighted by atomic mass is 10.2. The minimum absolute atomic E-state index is 0.0759. The number of benzene rings is 2. The number of rotatable bonds is 9. The maximum absolute atomic E-state index is 13.1. The van der Waals surface area contributed by atoms with Gasteiger partial charge in [-0.25, -0.2) is 9.97 Å². The lowest BCUT2D eigenvalue weighted by Gasteiger charge is -2.13. The van der Waals surface area contributed by atoms with Crippen LogP contribution < -0.4 is 15.4 Å². The lowest BCUT2D eigenvalue weighted by molar-refractivity contribution is -0.383. The lowest BCUT2D eigenvalue weighted by Crippen LogP contribution is -2.08. The van der Waals surface area contributed by atoms with Crippen molar-refractivity contribution in [3.8, 4) is 5.75 Å². The number of ether oxygens (including phenoxy) is 1. The average Bonchev–Trinajstić information content (AvgIpc) is 2.75. The SMILES string of the molecule is CCCCOc1ccc(Nc2ncnc(Nc3ccc(Cl)c(C(F)(F)F)c3)c2[N+](=O)[O-])cc1. The summed E-state index contributed by atoms with van der Waals surface area (Å²) in [5, 5.41) is 16.6. The maximum Gasteiger partial charge on any atom is 0.417 e. The third-order valence-electron chi connectivity index (χ3n) is 4.42. The van der Waals surface area contributed by atoms with Crippen LogP contribution in [0.25, 0.3) is 0 Å². The number of halogens is 4. The second-order valence-electron chi connectivity index (χ2n) is 6.85. The molecular weight excluding hydrogens is 463 g/mol. The number of nitrogens with zero attached hydrogens (tertiary/aromatic N) is 3. The molecule has 12 heteroatoms. The molecule has 0 spiro atoms. The van der Waals surface area contributed by atoms with Crippen LogP contribution >= 0.6 is 11.6 Å². The van der Waals surface area contributed by atoms with Gasteiger partial charge < -0.3 is 15.4 Å². The Morgan fingerprint density at radius 1 is 1.06 bits per heavy atom. The molecule has 0 radical (unpaired) electrons. The van der Waals surface area contributed by atoms with Crippen molar-refractivity contribution in [3.05, 3.63) is 69.5 Å². The van der Waals surface area contributed by atoms with Crippen molar-refractivity contribution < 1.29 is 22.8 Å². The highest BCUT2D eigenvalue weighted by Crippen LogP contribution is 2.38. The van der Waals surface area contributed by atoms with Crippen molar-refractivity contribution in [1.29, 1.82) is 0 Å². The van der Waals surface area contributed by atoms with Crippen LogP contribution in [0.15, 0.2) is 48.8 Å². The quantitative estimate of drug-likeness (QED) is 0.198. The predicted octanol–water partition coefficient (Wildman–Crippen LogP) is 6.72. The third-order valence-corrected chi connectivity index (χ3v) is 4.75. The molecule has 0 bridgehead atoms. The summed E-state index contributed by atoms with van der Waals surface area (Å²) < 4.78 is 45.0. The van der Waals surface area contributed by atoms with Crippen LogP contribution in [-0.4, -0.2) is 21.5 Å². The van der Waals surface area contributed by atoms with Crippen molar-refractivity contribution in [1.82, 2.24) is 9.97 Å². The summed E-state index contributed by atoms with van der Waals surface area (Å²) in [5.41, 5.74) is -1.20. The fourth-order valence-electron chi connectivity index (χ4n) is 2.80. The summed E-state index contributed by atoms with van der Waals surface area (Å²) in [5.74, 6) is 0.228. The first-order chi connectivity index (χ1) is 15.7. The number of nitrogens with one attached hydrogen (secondary N) is 2. The van der Waals surface area contributed by atoms with E-state index in [1.165, 1.54) is 6.07 Å². The molecule has 2 aromatic carbocycles. The molecule has 0 fully saturated rings. The monoisotopic (exact) mass is 481 g/mol. The van der Waals surface area contributed by atoms with E-state index >= 15 is 0 Å². The van der Waals surface area contributed by atoms with Gasteiger partial charge in [-0.1, -0.05) is 24.9 Å². The van der Waals surface area contributed by atoms with Crippen molar-refractivity contribution in [3.63, 3.8) is 0 Å². The van der Waals surface area contributed by atoms with Gasteiger partial charge in [-0.2, -0.15) is 13.2 Å². The van der Waals surface area contributed by atoms with E-state index in [9.17, 15) is 23.3 Å². The van der Waals surface area contributed by atoms with Crippen LogP contribution in [0.4, 0.5) is 41.9 Å². The molecule has 0 unspecified atom stereocenters. The molecule has 0 aliphatic rings. The Balaban J connectivity index is 1.86. The Morgan fingerprint density at radius 3 is 2.24 bits per heavy atom. The summed E-state index contributed by atoms with van der Waals surface area (Å²) in [6.45, 7) is 2.63. The molecule has 0 aliphatic heterocycles. The number of aromatic nitrogens is 2. The molecule has 3 aromatic rings. The van der Waals surface area contributed by atoms with E-state index in [0.29, 0.717) is 18.0 Å². The second kappa shape index (κ2) is 10.3. The summed E-state index contributed by atoms with van der Waals surface area (Å²) in [6.07, 6.45) is -1.71. The first-order valence-corrected chi connectivity index (χ1v) is 10.2. The molecule has 1 aromatic heterocycles. The zero-order chi connectivity index (χ0) is 24.0. The number of anilines is 4. The zero-order valence-corrected chi connectivity index (χ0v) is 18.1. The fraction of sp³-hybridized carbons (Fsp3) is 0.238. The van der Waals surface area contributed by atoms with E-state index in [1.807, 2.05) is 0 Å². The molecule has 8 nitrogen and oxygen atoms in total. The van der Waals surface area contributed by atoms with Crippen molar-refractivity contribution >= 4 is 40.3 Å². The van der Waals surface area contributed by atoms with Gasteiger partial charge in [-0.3, -0.25) is 10.1 Å². The van der Waals surface area contributed by atoms with Crippen LogP contribution in [0.5, 0.6) is 5.75 Å². The molecular formula is C21H19ClF3N5O3. The molecule has 1 heterocycles. The predicted molar refractivity (Wildman–Crippen MR) is 119 cm³/mol. The number of nitro groups is 1. The van der Waals surface area contributed by atoms with Crippen LogP contribution in [0.1, 0.15) is 25.3 Å². The van der Waals surface area contributed by atoms with Gasteiger partial charge >= 0.3 is 11.9 Å². The van der Waals surface area contributed by atoms with E-state index in [1.54, 1.807) is 24.3 Å². The van der Waals surface area contributed by atoms with Gasteiger partial charge in [-0.15, -0.1) is 0 Å². The molecule has 33 heavy (non-hydrogen) atoms. The highest BCUT2D eigenvalue weighted by molar-refractivity contribution is 6.31. The molecule has 0 atom stereocenters. The Morgan fingerprint density at radius 2 is 1.67 bits per heavy atom. The smallest absolute Gasteiger partial charge is 0.417 e. The number of hydrogen-bond acceptors (Lipinski definition) is 7. The van der Waals surface area contributed by atoms with Gasteiger partial charge in [0, 0.05) is 11.4 Å². The average molecular weight is 482 g/mol. The normalized spacial score (nSPS) is 11.2. The minimum atomic E-state index is -4.69. The Bertz CT molecular complexity index is 1130. The van der Waals surface area contributed by atoms with E-state index in [-0.39, 0.29) is 17.3 Å². The Kier molecular flexibility index (Phi) is 7.54. The Labute approximate surface area is 191 Å². The number of hydrogen-bond donors (Lipinski definition) is 2. The molecule has 0 aliphatic carbocycles. The van der Waals surface area contributed by atoms with E-state index in [0.717, 1.165) is 31.3 Å².